The molecule has 0 fully saturated rings. The molecule has 1 aromatic rings. The van der Waals surface area contributed by atoms with E-state index in [1.54, 1.807) is 47.6 Å². The minimum absolute atomic E-state index is 0.0541. The Bertz CT molecular complexity index is 667. The minimum Gasteiger partial charge on any atom is -0.493 e. The Morgan fingerprint density at radius 3 is 2.20 bits per heavy atom. The predicted octanol–water partition coefficient (Wildman–Crippen LogP) is 3.37. The van der Waals surface area contributed by atoms with Crippen LogP contribution in [0, 0.1) is 5.92 Å². The lowest BCUT2D eigenvalue weighted by Crippen LogP contribution is -2.36. The molecule has 0 aromatic heterocycles. The summed E-state index contributed by atoms with van der Waals surface area (Å²) >= 11 is 0. The van der Waals surface area contributed by atoms with Gasteiger partial charge in [0, 0.05) is 38.5 Å². The van der Waals surface area contributed by atoms with Crippen LogP contribution in [0.5, 0.6) is 17.2 Å². The Labute approximate surface area is 181 Å². The van der Waals surface area contributed by atoms with Crippen LogP contribution in [0.1, 0.15) is 39.5 Å². The molecule has 8 heteroatoms. The second-order valence-corrected chi connectivity index (χ2v) is 7.29. The van der Waals surface area contributed by atoms with Crippen molar-refractivity contribution in [1.29, 1.82) is 0 Å². The number of amides is 1. The van der Waals surface area contributed by atoms with Gasteiger partial charge in [-0.2, -0.15) is 0 Å². The van der Waals surface area contributed by atoms with Crippen LogP contribution in [0.25, 0.3) is 0 Å². The maximum atomic E-state index is 12.0. The molecule has 170 valence electrons. The Balaban J connectivity index is 3.07. The maximum Gasteiger partial charge on any atom is 0.243 e. The van der Waals surface area contributed by atoms with E-state index >= 15 is 0 Å². The third kappa shape index (κ3) is 8.00. The highest BCUT2D eigenvalue weighted by atomic mass is 16.5. The van der Waals surface area contributed by atoms with E-state index in [1.165, 1.54) is 17.7 Å². The van der Waals surface area contributed by atoms with Crippen molar-refractivity contribution in [3.63, 3.8) is 0 Å². The van der Waals surface area contributed by atoms with Crippen LogP contribution in [0.15, 0.2) is 17.1 Å². The highest BCUT2D eigenvalue weighted by Crippen LogP contribution is 2.39. The quantitative estimate of drug-likeness (QED) is 0.397. The fourth-order valence-corrected chi connectivity index (χ4v) is 2.90. The molecule has 1 atom stereocenters. The molecule has 0 saturated carbocycles. The van der Waals surface area contributed by atoms with Gasteiger partial charge in [-0.05, 0) is 12.3 Å². The zero-order valence-electron chi connectivity index (χ0n) is 19.5. The third-order valence-electron chi connectivity index (χ3n) is 4.90. The van der Waals surface area contributed by atoms with E-state index in [0.717, 1.165) is 25.1 Å². The molecule has 1 rings (SSSR count). The number of nitrogens with one attached hydrogen (secondary N) is 2. The lowest BCUT2D eigenvalue weighted by Gasteiger charge is -2.20. The van der Waals surface area contributed by atoms with Gasteiger partial charge in [0.2, 0.25) is 11.7 Å². The normalized spacial score (nSPS) is 12.2. The Hall–Kier alpha value is -2.64. The molecule has 0 aliphatic heterocycles. The summed E-state index contributed by atoms with van der Waals surface area (Å²) in [7, 11) is 8.15. The van der Waals surface area contributed by atoms with Gasteiger partial charge < -0.3 is 29.7 Å². The van der Waals surface area contributed by atoms with Crippen molar-refractivity contribution in [1.82, 2.24) is 10.2 Å². The molecule has 1 aromatic carbocycles. The third-order valence-corrected chi connectivity index (χ3v) is 4.90. The molecular formula is C22H38N4O4. The largest absolute Gasteiger partial charge is 0.493 e. The SMILES string of the molecule is CCCCC(CC)CNC(=NCC(=O)N(C)C)Nc1cc(OC)c(OC)c(OC)c1. The van der Waals surface area contributed by atoms with Gasteiger partial charge in [0.25, 0.3) is 0 Å². The lowest BCUT2D eigenvalue weighted by atomic mass is 9.99. The summed E-state index contributed by atoms with van der Waals surface area (Å²) in [6.07, 6.45) is 4.62. The number of anilines is 1. The van der Waals surface area contributed by atoms with Crippen LogP contribution in [0.2, 0.25) is 0 Å². The number of guanidine groups is 1. The summed E-state index contributed by atoms with van der Waals surface area (Å²) < 4.78 is 16.2. The zero-order chi connectivity index (χ0) is 22.5. The minimum atomic E-state index is -0.0704. The zero-order valence-corrected chi connectivity index (χ0v) is 19.5. The number of nitrogens with zero attached hydrogens (tertiary/aromatic N) is 2. The van der Waals surface area contributed by atoms with Crippen molar-refractivity contribution in [3.05, 3.63) is 12.1 Å². The van der Waals surface area contributed by atoms with Gasteiger partial charge in [-0.25, -0.2) is 4.99 Å². The first-order chi connectivity index (χ1) is 14.4. The summed E-state index contributed by atoms with van der Waals surface area (Å²) in [5.74, 6) is 2.61. The number of ether oxygens (including phenoxy) is 3. The number of unbranched alkanes of at least 4 members (excludes halogenated alkanes) is 1. The molecule has 8 nitrogen and oxygen atoms in total. The first kappa shape index (κ1) is 25.4. The van der Waals surface area contributed by atoms with Gasteiger partial charge in [-0.1, -0.05) is 33.1 Å². The van der Waals surface area contributed by atoms with Gasteiger partial charge >= 0.3 is 0 Å². The second-order valence-electron chi connectivity index (χ2n) is 7.29. The smallest absolute Gasteiger partial charge is 0.243 e. The van der Waals surface area contributed by atoms with E-state index in [-0.39, 0.29) is 12.5 Å². The van der Waals surface area contributed by atoms with Crippen molar-refractivity contribution in [2.75, 3.05) is 53.8 Å². The first-order valence-corrected chi connectivity index (χ1v) is 10.4. The predicted molar refractivity (Wildman–Crippen MR) is 122 cm³/mol. The van der Waals surface area contributed by atoms with Crippen LogP contribution in [0.4, 0.5) is 5.69 Å². The number of hydrogen-bond donors (Lipinski definition) is 2. The molecule has 0 radical (unpaired) electrons. The first-order valence-electron chi connectivity index (χ1n) is 10.4. The van der Waals surface area contributed by atoms with Crippen molar-refractivity contribution in [2.24, 2.45) is 10.9 Å². The highest BCUT2D eigenvalue weighted by molar-refractivity contribution is 5.95. The molecule has 0 spiro atoms. The Kier molecular flexibility index (Phi) is 11.5. The van der Waals surface area contributed by atoms with Gasteiger partial charge in [-0.15, -0.1) is 0 Å². The summed E-state index contributed by atoms with van der Waals surface area (Å²) in [5, 5.41) is 6.64. The molecular weight excluding hydrogens is 384 g/mol. The van der Waals surface area contributed by atoms with Crippen molar-refractivity contribution in [3.8, 4) is 17.2 Å². The summed E-state index contributed by atoms with van der Waals surface area (Å²) in [6.45, 7) is 5.23. The van der Waals surface area contributed by atoms with Crippen molar-refractivity contribution >= 4 is 17.6 Å². The molecule has 0 aliphatic rings. The van der Waals surface area contributed by atoms with Crippen molar-refractivity contribution in [2.45, 2.75) is 39.5 Å². The average molecular weight is 423 g/mol. The second kappa shape index (κ2) is 13.6. The fraction of sp³-hybridized carbons (Fsp3) is 0.636. The summed E-state index contributed by atoms with van der Waals surface area (Å²) in [5.41, 5.74) is 0.717. The highest BCUT2D eigenvalue weighted by Gasteiger charge is 2.15. The average Bonchev–Trinajstić information content (AvgIpc) is 2.75. The summed E-state index contributed by atoms with van der Waals surface area (Å²) in [4.78, 5) is 18.0. The lowest BCUT2D eigenvalue weighted by molar-refractivity contribution is -0.127. The van der Waals surface area contributed by atoms with Crippen LogP contribution in [-0.4, -0.2) is 65.3 Å². The molecule has 0 aliphatic carbocycles. The number of aliphatic imine (C=N–C) groups is 1. The monoisotopic (exact) mass is 422 g/mol. The maximum absolute atomic E-state index is 12.0. The number of benzene rings is 1. The van der Waals surface area contributed by atoms with E-state index in [9.17, 15) is 4.79 Å². The summed E-state index contributed by atoms with van der Waals surface area (Å²) in [6, 6.07) is 3.61. The van der Waals surface area contributed by atoms with Gasteiger partial charge in [-0.3, -0.25) is 4.79 Å². The van der Waals surface area contributed by atoms with Crippen LogP contribution < -0.4 is 24.8 Å². The number of rotatable bonds is 12. The van der Waals surface area contributed by atoms with Crippen LogP contribution in [0.3, 0.4) is 0 Å². The van der Waals surface area contributed by atoms with Crippen LogP contribution >= 0.6 is 0 Å². The van der Waals surface area contributed by atoms with E-state index in [2.05, 4.69) is 29.5 Å². The van der Waals surface area contributed by atoms with Gasteiger partial charge in [0.15, 0.2) is 17.5 Å². The molecule has 1 amide bonds. The number of carbonyl (C=O) groups excluding carboxylic acids is 1. The number of likely N-dealkylation sites (N-methyl/N-ethyl adjacent to an activating group) is 1. The van der Waals surface area contributed by atoms with E-state index in [1.807, 2.05) is 0 Å². The molecule has 0 bridgehead atoms. The molecule has 2 N–H and O–H groups in total. The van der Waals surface area contributed by atoms with Crippen LogP contribution in [-0.2, 0) is 4.79 Å². The van der Waals surface area contributed by atoms with Gasteiger partial charge in [0.05, 0.1) is 21.3 Å². The molecule has 0 saturated heterocycles. The van der Waals surface area contributed by atoms with E-state index < -0.39 is 0 Å². The molecule has 0 heterocycles. The van der Waals surface area contributed by atoms with Crippen molar-refractivity contribution < 1.29 is 19.0 Å². The Morgan fingerprint density at radius 2 is 1.73 bits per heavy atom. The van der Waals surface area contributed by atoms with E-state index in [0.29, 0.717) is 29.1 Å². The van der Waals surface area contributed by atoms with Gasteiger partial charge in [0.1, 0.15) is 6.54 Å². The number of hydrogen-bond acceptors (Lipinski definition) is 5. The number of methoxy groups -OCH3 is 3. The Morgan fingerprint density at radius 1 is 1.10 bits per heavy atom. The fourth-order valence-electron chi connectivity index (χ4n) is 2.90. The standard InChI is InChI=1S/C22H38N4O4/c1-8-10-11-16(9-2)14-23-22(24-15-20(27)26(3)4)25-17-12-18(28-5)21(30-7)19(13-17)29-6/h12-13,16H,8-11,14-15H2,1-7H3,(H2,23,24,25). The molecule has 30 heavy (non-hydrogen) atoms. The van der Waals surface area contributed by atoms with E-state index in [4.69, 9.17) is 14.2 Å². The molecule has 1 unspecified atom stereocenters. The number of carbonyl (C=O) groups is 1. The topological polar surface area (TPSA) is 84.4 Å².